The van der Waals surface area contributed by atoms with E-state index in [1.807, 2.05) is 0 Å². The Morgan fingerprint density at radius 3 is 2.47 bits per heavy atom. The van der Waals surface area contributed by atoms with Crippen LogP contribution in [0.3, 0.4) is 0 Å². The second-order valence-electron chi connectivity index (χ2n) is 4.85. The van der Waals surface area contributed by atoms with Gasteiger partial charge in [-0.05, 0) is 25.3 Å². The molecule has 0 aromatic heterocycles. The van der Waals surface area contributed by atoms with Crippen molar-refractivity contribution in [1.29, 1.82) is 0 Å². The first-order valence-corrected chi connectivity index (χ1v) is 7.61. The van der Waals surface area contributed by atoms with E-state index in [0.717, 1.165) is 0 Å². The summed E-state index contributed by atoms with van der Waals surface area (Å²) >= 11 is 0. The van der Waals surface area contributed by atoms with Crippen molar-refractivity contribution in [3.63, 3.8) is 0 Å². The van der Waals surface area contributed by atoms with Crippen molar-refractivity contribution in [2.45, 2.75) is 31.1 Å². The minimum Gasteiger partial charge on any atom is -0.308 e. The predicted molar refractivity (Wildman–Crippen MR) is 68.0 cm³/mol. The van der Waals surface area contributed by atoms with E-state index in [9.17, 15) is 17.2 Å². The minimum absolute atomic E-state index is 0.151. The molecule has 19 heavy (non-hydrogen) atoms. The first-order valence-electron chi connectivity index (χ1n) is 6.00. The number of hydrogen-bond donors (Lipinski definition) is 2. The van der Waals surface area contributed by atoms with Gasteiger partial charge in [-0.3, -0.25) is 0 Å². The number of nitrogens with one attached hydrogen (secondary N) is 1. The van der Waals surface area contributed by atoms with E-state index in [1.54, 1.807) is 0 Å². The number of rotatable bonds is 2. The van der Waals surface area contributed by atoms with Crippen molar-refractivity contribution in [3.05, 3.63) is 34.9 Å². The lowest BCUT2D eigenvalue weighted by Crippen LogP contribution is -2.43. The van der Waals surface area contributed by atoms with Crippen LogP contribution in [0.2, 0.25) is 0 Å². The second kappa shape index (κ2) is 5.15. The molecule has 4 nitrogen and oxygen atoms in total. The maximum absolute atomic E-state index is 13.8. The highest BCUT2D eigenvalue weighted by atomic mass is 32.2. The molecular formula is C12H16F2N2O2S. The van der Waals surface area contributed by atoms with Crippen LogP contribution in [0.5, 0.6) is 0 Å². The number of primary sulfonamides is 1. The maximum Gasteiger partial charge on any atom is 0.213 e. The van der Waals surface area contributed by atoms with Gasteiger partial charge in [0.2, 0.25) is 10.0 Å². The third kappa shape index (κ3) is 2.93. The summed E-state index contributed by atoms with van der Waals surface area (Å²) in [6.45, 7) is 1.64. The van der Waals surface area contributed by atoms with Gasteiger partial charge in [0, 0.05) is 18.2 Å². The third-order valence-corrected chi connectivity index (χ3v) is 4.85. The van der Waals surface area contributed by atoms with E-state index >= 15 is 0 Å². The number of benzene rings is 1. The average Bonchev–Trinajstić information content (AvgIpc) is 2.35. The molecule has 1 aromatic rings. The van der Waals surface area contributed by atoms with Crippen LogP contribution in [0.1, 0.15) is 30.0 Å². The SMILES string of the molecule is Cc1ccc(C2CCC(S(N)(=O)=O)CN2)c(F)c1F. The van der Waals surface area contributed by atoms with Crippen LogP contribution in [-0.2, 0) is 10.0 Å². The summed E-state index contributed by atoms with van der Waals surface area (Å²) in [5.41, 5.74) is 0.482. The number of nitrogens with two attached hydrogens (primary N) is 1. The molecule has 106 valence electrons. The van der Waals surface area contributed by atoms with Crippen LogP contribution in [-0.4, -0.2) is 20.2 Å². The Bertz CT molecular complexity index is 582. The molecule has 0 bridgehead atoms. The normalized spacial score (nSPS) is 24.4. The van der Waals surface area contributed by atoms with Gasteiger partial charge in [0.25, 0.3) is 0 Å². The lowest BCUT2D eigenvalue weighted by Gasteiger charge is -2.29. The fourth-order valence-corrected chi connectivity index (χ4v) is 3.10. The minimum atomic E-state index is -3.59. The summed E-state index contributed by atoms with van der Waals surface area (Å²) < 4.78 is 49.7. The molecule has 1 aliphatic rings. The van der Waals surface area contributed by atoms with E-state index in [-0.39, 0.29) is 23.7 Å². The lowest BCUT2D eigenvalue weighted by atomic mass is 9.96. The molecule has 3 N–H and O–H groups in total. The molecule has 7 heteroatoms. The van der Waals surface area contributed by atoms with E-state index in [1.165, 1.54) is 19.1 Å². The van der Waals surface area contributed by atoms with Crippen molar-refractivity contribution < 1.29 is 17.2 Å². The standard InChI is InChI=1S/C12H16F2N2O2S/c1-7-2-4-9(12(14)11(7)13)10-5-3-8(6-16-10)19(15,17)18/h2,4,8,10,16H,3,5-6H2,1H3,(H2,15,17,18). The predicted octanol–water partition coefficient (Wildman–Crippen LogP) is 1.35. The van der Waals surface area contributed by atoms with Crippen molar-refractivity contribution in [2.24, 2.45) is 5.14 Å². The van der Waals surface area contributed by atoms with Crippen molar-refractivity contribution in [2.75, 3.05) is 6.54 Å². The molecule has 1 heterocycles. The van der Waals surface area contributed by atoms with Crippen molar-refractivity contribution >= 4 is 10.0 Å². The maximum atomic E-state index is 13.8. The molecule has 0 spiro atoms. The third-order valence-electron chi connectivity index (χ3n) is 3.51. The molecule has 0 saturated carbocycles. The largest absolute Gasteiger partial charge is 0.308 e. The Kier molecular flexibility index (Phi) is 3.89. The van der Waals surface area contributed by atoms with E-state index in [4.69, 9.17) is 5.14 Å². The highest BCUT2D eigenvalue weighted by molar-refractivity contribution is 7.89. The molecule has 2 atom stereocenters. The molecule has 0 radical (unpaired) electrons. The van der Waals surface area contributed by atoms with Crippen molar-refractivity contribution in [3.8, 4) is 0 Å². The Labute approximate surface area is 111 Å². The number of halogens is 2. The summed E-state index contributed by atoms with van der Waals surface area (Å²) in [7, 11) is -3.59. The Balaban J connectivity index is 2.17. The number of hydrogen-bond acceptors (Lipinski definition) is 3. The smallest absolute Gasteiger partial charge is 0.213 e. The van der Waals surface area contributed by atoms with Gasteiger partial charge in [-0.15, -0.1) is 0 Å². The average molecular weight is 290 g/mol. The molecule has 2 rings (SSSR count). The first-order chi connectivity index (χ1) is 8.80. The van der Waals surface area contributed by atoms with Gasteiger partial charge < -0.3 is 5.32 Å². The Hall–Kier alpha value is -1.05. The van der Waals surface area contributed by atoms with Gasteiger partial charge in [-0.2, -0.15) is 0 Å². The van der Waals surface area contributed by atoms with Crippen LogP contribution in [0.4, 0.5) is 8.78 Å². The topological polar surface area (TPSA) is 72.2 Å². The highest BCUT2D eigenvalue weighted by Gasteiger charge is 2.30. The van der Waals surface area contributed by atoms with Crippen LogP contribution in [0.25, 0.3) is 0 Å². The zero-order valence-electron chi connectivity index (χ0n) is 10.5. The van der Waals surface area contributed by atoms with Crippen LogP contribution >= 0.6 is 0 Å². The molecule has 1 aliphatic heterocycles. The fourth-order valence-electron chi connectivity index (χ4n) is 2.31. The van der Waals surface area contributed by atoms with Crippen molar-refractivity contribution in [1.82, 2.24) is 5.32 Å². The molecule has 0 aliphatic carbocycles. The summed E-state index contributed by atoms with van der Waals surface area (Å²) in [6, 6.07) is 2.66. The van der Waals surface area contributed by atoms with E-state index in [2.05, 4.69) is 5.32 Å². The molecule has 1 saturated heterocycles. The molecular weight excluding hydrogens is 274 g/mol. The molecule has 1 aromatic carbocycles. The number of sulfonamides is 1. The van der Waals surface area contributed by atoms with E-state index in [0.29, 0.717) is 12.8 Å². The lowest BCUT2D eigenvalue weighted by molar-refractivity contribution is 0.388. The number of aryl methyl sites for hydroxylation is 1. The molecule has 0 amide bonds. The zero-order valence-corrected chi connectivity index (χ0v) is 11.3. The summed E-state index contributed by atoms with van der Waals surface area (Å²) in [6.07, 6.45) is 0.742. The molecule has 1 fully saturated rings. The second-order valence-corrected chi connectivity index (χ2v) is 6.69. The van der Waals surface area contributed by atoms with Gasteiger partial charge in [-0.1, -0.05) is 12.1 Å². The van der Waals surface area contributed by atoms with Crippen LogP contribution in [0, 0.1) is 18.6 Å². The van der Waals surface area contributed by atoms with Gasteiger partial charge in [-0.25, -0.2) is 22.3 Å². The Morgan fingerprint density at radius 2 is 1.95 bits per heavy atom. The van der Waals surface area contributed by atoms with E-state index < -0.39 is 26.9 Å². The summed E-state index contributed by atoms with van der Waals surface area (Å²) in [5.74, 6) is -1.72. The number of piperidine rings is 1. The van der Waals surface area contributed by atoms with Gasteiger partial charge in [0.15, 0.2) is 11.6 Å². The van der Waals surface area contributed by atoms with Crippen LogP contribution < -0.4 is 10.5 Å². The summed E-state index contributed by atoms with van der Waals surface area (Å²) in [4.78, 5) is 0. The molecule has 2 unspecified atom stereocenters. The quantitative estimate of drug-likeness (QED) is 0.863. The fraction of sp³-hybridized carbons (Fsp3) is 0.500. The highest BCUT2D eigenvalue weighted by Crippen LogP contribution is 2.28. The Morgan fingerprint density at radius 1 is 1.26 bits per heavy atom. The summed E-state index contributed by atoms with van der Waals surface area (Å²) in [5, 5.41) is 7.32. The van der Waals surface area contributed by atoms with Gasteiger partial charge in [0.05, 0.1) is 5.25 Å². The zero-order chi connectivity index (χ0) is 14.2. The monoisotopic (exact) mass is 290 g/mol. The van der Waals surface area contributed by atoms with Crippen LogP contribution in [0.15, 0.2) is 12.1 Å². The first kappa shape index (κ1) is 14.4. The van der Waals surface area contributed by atoms with Gasteiger partial charge in [0.1, 0.15) is 0 Å². The van der Waals surface area contributed by atoms with Gasteiger partial charge >= 0.3 is 0 Å².